The van der Waals surface area contributed by atoms with Gasteiger partial charge in [-0.05, 0) is 48.9 Å². The van der Waals surface area contributed by atoms with Crippen molar-refractivity contribution in [3.8, 4) is 17.2 Å². The van der Waals surface area contributed by atoms with Crippen LogP contribution in [-0.4, -0.2) is 38.4 Å². The Labute approximate surface area is 203 Å². The fraction of sp³-hybridized carbons (Fsp3) is 0.174. The highest BCUT2D eigenvalue weighted by atomic mass is 35.5. The fourth-order valence-electron chi connectivity index (χ4n) is 3.13. The van der Waals surface area contributed by atoms with Crippen LogP contribution in [0.2, 0.25) is 4.34 Å². The predicted octanol–water partition coefficient (Wildman–Crippen LogP) is 6.03. The van der Waals surface area contributed by atoms with E-state index < -0.39 is 0 Å². The Morgan fingerprint density at radius 2 is 1.76 bits per heavy atom. The number of carbonyl (C=O) groups is 1. The fourth-order valence-corrected chi connectivity index (χ4v) is 5.12. The number of ether oxygens (including phenoxy) is 3. The normalized spacial score (nSPS) is 11.2. The molecule has 0 fully saturated rings. The molecule has 0 unspecified atom stereocenters. The molecule has 2 heterocycles. The smallest absolute Gasteiger partial charge is 0.290 e. The number of carbonyl (C=O) groups excluding carboxylic acids is 1. The Morgan fingerprint density at radius 3 is 2.36 bits per heavy atom. The first-order chi connectivity index (χ1) is 15.9. The number of nitrogens with zero attached hydrogens (tertiary/aromatic N) is 3. The third-order valence-corrected chi connectivity index (χ3v) is 6.91. The summed E-state index contributed by atoms with van der Waals surface area (Å²) in [4.78, 5) is 18.4. The van der Waals surface area contributed by atoms with Gasteiger partial charge in [0.1, 0.15) is 0 Å². The van der Waals surface area contributed by atoms with Crippen molar-refractivity contribution in [2.24, 2.45) is 5.10 Å². The molecular weight excluding hydrogens is 482 g/mol. The van der Waals surface area contributed by atoms with Crippen LogP contribution in [0.4, 0.5) is 5.13 Å². The molecule has 0 saturated carbocycles. The first kappa shape index (κ1) is 23.0. The van der Waals surface area contributed by atoms with E-state index in [1.165, 1.54) is 49.0 Å². The Bertz CT molecular complexity index is 1320. The van der Waals surface area contributed by atoms with Gasteiger partial charge in [-0.25, -0.2) is 4.98 Å². The van der Waals surface area contributed by atoms with Crippen LogP contribution < -0.4 is 19.2 Å². The van der Waals surface area contributed by atoms with Gasteiger partial charge < -0.3 is 14.2 Å². The van der Waals surface area contributed by atoms with Crippen molar-refractivity contribution in [2.75, 3.05) is 26.3 Å². The van der Waals surface area contributed by atoms with Crippen LogP contribution in [0.1, 0.15) is 20.8 Å². The van der Waals surface area contributed by atoms with E-state index in [9.17, 15) is 4.79 Å². The van der Waals surface area contributed by atoms with E-state index in [-0.39, 0.29) is 5.91 Å². The number of benzene rings is 2. The molecule has 0 aliphatic rings. The zero-order valence-electron chi connectivity index (χ0n) is 18.3. The van der Waals surface area contributed by atoms with E-state index in [0.717, 1.165) is 15.8 Å². The number of amides is 1. The molecule has 2 aromatic heterocycles. The summed E-state index contributed by atoms with van der Waals surface area (Å²) in [6, 6.07) is 12.8. The molecule has 0 N–H and O–H groups in total. The van der Waals surface area contributed by atoms with E-state index in [1.54, 1.807) is 30.5 Å². The molecule has 1 amide bonds. The minimum atomic E-state index is -0.327. The maximum absolute atomic E-state index is 13.3. The number of thiazole rings is 1. The summed E-state index contributed by atoms with van der Waals surface area (Å²) in [7, 11) is 4.62. The van der Waals surface area contributed by atoms with Crippen LogP contribution in [0.15, 0.2) is 47.6 Å². The number of hydrazone groups is 1. The average Bonchev–Trinajstić information content (AvgIpc) is 3.43. The minimum absolute atomic E-state index is 0.327. The Hall–Kier alpha value is -3.14. The second-order valence-corrected chi connectivity index (χ2v) is 9.62. The van der Waals surface area contributed by atoms with Crippen molar-refractivity contribution in [2.45, 2.75) is 6.92 Å². The van der Waals surface area contributed by atoms with E-state index in [4.69, 9.17) is 25.8 Å². The maximum atomic E-state index is 13.3. The van der Waals surface area contributed by atoms with E-state index in [1.807, 2.05) is 25.1 Å². The van der Waals surface area contributed by atoms with Gasteiger partial charge in [-0.1, -0.05) is 29.0 Å². The van der Waals surface area contributed by atoms with Crippen molar-refractivity contribution in [1.29, 1.82) is 0 Å². The summed E-state index contributed by atoms with van der Waals surface area (Å²) >= 11 is 8.64. The highest BCUT2D eigenvalue weighted by molar-refractivity contribution is 7.22. The number of anilines is 1. The van der Waals surface area contributed by atoms with Gasteiger partial charge in [0.2, 0.25) is 10.9 Å². The summed E-state index contributed by atoms with van der Waals surface area (Å²) in [6.07, 6.45) is 1.55. The molecule has 0 aliphatic heterocycles. The maximum Gasteiger partial charge on any atom is 0.290 e. The minimum Gasteiger partial charge on any atom is -0.493 e. The first-order valence-corrected chi connectivity index (χ1v) is 11.8. The molecular formula is C23H20ClN3O4S2. The van der Waals surface area contributed by atoms with Crippen LogP contribution in [0.5, 0.6) is 17.2 Å². The van der Waals surface area contributed by atoms with Crippen molar-refractivity contribution in [3.05, 3.63) is 62.8 Å². The van der Waals surface area contributed by atoms with Gasteiger partial charge in [0, 0.05) is 5.56 Å². The lowest BCUT2D eigenvalue weighted by molar-refractivity contribution is 0.0991. The van der Waals surface area contributed by atoms with Gasteiger partial charge in [0.05, 0.1) is 47.0 Å². The Kier molecular flexibility index (Phi) is 6.83. The summed E-state index contributed by atoms with van der Waals surface area (Å²) in [5, 5.41) is 6.23. The average molecular weight is 502 g/mol. The van der Waals surface area contributed by atoms with Crippen molar-refractivity contribution in [3.63, 3.8) is 0 Å². The molecule has 4 rings (SSSR count). The number of halogens is 1. The molecule has 4 aromatic rings. The molecule has 0 radical (unpaired) electrons. The predicted molar refractivity (Wildman–Crippen MR) is 134 cm³/mol. The third kappa shape index (κ3) is 4.80. The third-order valence-electron chi connectivity index (χ3n) is 4.70. The van der Waals surface area contributed by atoms with E-state index in [2.05, 4.69) is 10.1 Å². The van der Waals surface area contributed by atoms with Crippen molar-refractivity contribution < 1.29 is 19.0 Å². The standard InChI is InChI=1S/C23H20ClN3O4S2/c1-13-5-6-15-19(9-13)33-23(26-15)27(22(28)18-7-8-20(24)32-18)25-12-14-10-16(29-2)21(31-4)17(11-14)30-3/h5-12H,1-4H3/b25-12+. The SMILES string of the molecule is COc1cc(/C=N/N(C(=O)c2ccc(Cl)s2)c2nc3ccc(C)cc3s2)cc(OC)c1OC. The molecule has 170 valence electrons. The summed E-state index contributed by atoms with van der Waals surface area (Å²) in [5.74, 6) is 1.11. The monoisotopic (exact) mass is 501 g/mol. The zero-order chi connectivity index (χ0) is 23.5. The second kappa shape index (κ2) is 9.78. The van der Waals surface area contributed by atoms with Crippen LogP contribution in [0.3, 0.4) is 0 Å². The van der Waals surface area contributed by atoms with Gasteiger partial charge >= 0.3 is 0 Å². The molecule has 33 heavy (non-hydrogen) atoms. The molecule has 0 bridgehead atoms. The van der Waals surface area contributed by atoms with Crippen LogP contribution in [-0.2, 0) is 0 Å². The lowest BCUT2D eigenvalue weighted by atomic mass is 10.2. The summed E-state index contributed by atoms with van der Waals surface area (Å²) < 4.78 is 17.7. The van der Waals surface area contributed by atoms with Crippen molar-refractivity contribution >= 4 is 61.7 Å². The molecule has 0 spiro atoms. The van der Waals surface area contributed by atoms with Gasteiger partial charge in [-0.15, -0.1) is 11.3 Å². The number of aromatic nitrogens is 1. The van der Waals surface area contributed by atoms with E-state index >= 15 is 0 Å². The number of fused-ring (bicyclic) bond motifs is 1. The van der Waals surface area contributed by atoms with Crippen LogP contribution in [0, 0.1) is 6.92 Å². The lowest BCUT2D eigenvalue weighted by Crippen LogP contribution is -2.24. The lowest BCUT2D eigenvalue weighted by Gasteiger charge is -2.14. The number of hydrogen-bond donors (Lipinski definition) is 0. The Morgan fingerprint density at radius 1 is 1.03 bits per heavy atom. The molecule has 7 nitrogen and oxygen atoms in total. The van der Waals surface area contributed by atoms with Gasteiger partial charge in [0.25, 0.3) is 5.91 Å². The van der Waals surface area contributed by atoms with Gasteiger partial charge in [0.15, 0.2) is 11.5 Å². The highest BCUT2D eigenvalue weighted by Crippen LogP contribution is 2.38. The quantitative estimate of drug-likeness (QED) is 0.228. The highest BCUT2D eigenvalue weighted by Gasteiger charge is 2.23. The molecule has 0 saturated heterocycles. The number of methoxy groups -OCH3 is 3. The molecule has 2 aromatic carbocycles. The topological polar surface area (TPSA) is 73.2 Å². The molecule has 0 aliphatic carbocycles. The second-order valence-electron chi connectivity index (χ2n) is 6.89. The number of thiophene rings is 1. The largest absolute Gasteiger partial charge is 0.493 e. The van der Waals surface area contributed by atoms with Crippen LogP contribution in [0.25, 0.3) is 10.2 Å². The van der Waals surface area contributed by atoms with Gasteiger partial charge in [-0.3, -0.25) is 4.79 Å². The molecule has 10 heteroatoms. The zero-order valence-corrected chi connectivity index (χ0v) is 20.7. The number of hydrogen-bond acceptors (Lipinski definition) is 8. The summed E-state index contributed by atoms with van der Waals surface area (Å²) in [6.45, 7) is 2.01. The Balaban J connectivity index is 1.78. The first-order valence-electron chi connectivity index (χ1n) is 9.74. The molecule has 0 atom stereocenters. The number of aryl methyl sites for hydroxylation is 1. The van der Waals surface area contributed by atoms with Crippen LogP contribution >= 0.6 is 34.3 Å². The van der Waals surface area contributed by atoms with E-state index in [0.29, 0.717) is 37.2 Å². The number of rotatable bonds is 7. The summed E-state index contributed by atoms with van der Waals surface area (Å²) in [5.41, 5.74) is 2.57. The van der Waals surface area contributed by atoms with Gasteiger partial charge in [-0.2, -0.15) is 10.1 Å². The van der Waals surface area contributed by atoms with Crippen molar-refractivity contribution in [1.82, 2.24) is 4.98 Å².